The Morgan fingerprint density at radius 3 is 2.69 bits per heavy atom. The Morgan fingerprint density at radius 2 is 2.04 bits per heavy atom. The molecule has 26 heavy (non-hydrogen) atoms. The Balaban J connectivity index is 2.10. The number of methoxy groups -OCH3 is 1. The number of non-ortho nitro benzene ring substituents is 1. The van der Waals surface area contributed by atoms with E-state index in [2.05, 4.69) is 4.98 Å². The predicted octanol–water partition coefficient (Wildman–Crippen LogP) is 2.56. The van der Waals surface area contributed by atoms with E-state index in [-0.39, 0.29) is 23.4 Å². The molecule has 0 N–H and O–H groups in total. The smallest absolute Gasteiger partial charge is 0.270 e. The largest absolute Gasteiger partial charge is 0.496 e. The highest BCUT2D eigenvalue weighted by molar-refractivity contribution is 5.94. The van der Waals surface area contributed by atoms with Gasteiger partial charge < -0.3 is 4.74 Å². The summed E-state index contributed by atoms with van der Waals surface area (Å²) >= 11 is 0. The number of hydrogen-bond acceptors (Lipinski definition) is 6. The van der Waals surface area contributed by atoms with Gasteiger partial charge in [0.05, 0.1) is 35.8 Å². The van der Waals surface area contributed by atoms with Gasteiger partial charge in [-0.3, -0.25) is 24.3 Å². The lowest BCUT2D eigenvalue weighted by Gasteiger charge is -2.12. The zero-order chi connectivity index (χ0) is 18.8. The summed E-state index contributed by atoms with van der Waals surface area (Å²) < 4.78 is 6.62. The van der Waals surface area contributed by atoms with Crippen molar-refractivity contribution in [2.24, 2.45) is 0 Å². The summed E-state index contributed by atoms with van der Waals surface area (Å²) in [5, 5.41) is 11.1. The second kappa shape index (κ2) is 6.75. The van der Waals surface area contributed by atoms with Crippen LogP contribution in [0.2, 0.25) is 0 Å². The number of nitro groups is 1. The van der Waals surface area contributed by atoms with Crippen LogP contribution in [-0.4, -0.2) is 27.4 Å². The fraction of sp³-hybridized carbons (Fsp3) is 0.167. The van der Waals surface area contributed by atoms with Crippen LogP contribution < -0.4 is 10.3 Å². The minimum atomic E-state index is -0.560. The summed E-state index contributed by atoms with van der Waals surface area (Å²) in [6, 6.07) is 8.93. The number of Topliss-reactive ketones (excluding diaryl/α,β-unsaturated/α-hetero) is 1. The van der Waals surface area contributed by atoms with E-state index >= 15 is 0 Å². The van der Waals surface area contributed by atoms with Gasteiger partial charge in [-0.2, -0.15) is 0 Å². The number of carbonyl (C=O) groups is 1. The second-order valence-electron chi connectivity index (χ2n) is 5.72. The van der Waals surface area contributed by atoms with Gasteiger partial charge in [0, 0.05) is 23.3 Å². The van der Waals surface area contributed by atoms with Gasteiger partial charge in [0.15, 0.2) is 5.78 Å². The molecule has 2 aromatic carbocycles. The third-order valence-electron chi connectivity index (χ3n) is 4.05. The lowest BCUT2D eigenvalue weighted by atomic mass is 10.1. The molecule has 0 atom stereocenters. The molecule has 0 fully saturated rings. The Hall–Kier alpha value is -3.55. The van der Waals surface area contributed by atoms with Crippen molar-refractivity contribution in [3.05, 3.63) is 74.3 Å². The molecule has 1 heterocycles. The summed E-state index contributed by atoms with van der Waals surface area (Å²) in [4.78, 5) is 38.9. The SMILES string of the molecule is COc1ccc(C(C)=O)cc1Cn1cnc2ccc([N+](=O)[O-])cc2c1=O. The van der Waals surface area contributed by atoms with E-state index in [9.17, 15) is 19.7 Å². The Bertz CT molecular complexity index is 1090. The van der Waals surface area contributed by atoms with Crippen LogP contribution in [0.15, 0.2) is 47.5 Å². The van der Waals surface area contributed by atoms with Crippen LogP contribution in [0, 0.1) is 10.1 Å². The van der Waals surface area contributed by atoms with Crippen molar-refractivity contribution in [3.8, 4) is 5.75 Å². The number of carbonyl (C=O) groups excluding carboxylic acids is 1. The second-order valence-corrected chi connectivity index (χ2v) is 5.72. The van der Waals surface area contributed by atoms with E-state index in [1.807, 2.05) is 0 Å². The molecule has 132 valence electrons. The molecule has 0 aliphatic carbocycles. The molecule has 8 nitrogen and oxygen atoms in total. The quantitative estimate of drug-likeness (QED) is 0.397. The Morgan fingerprint density at radius 1 is 1.27 bits per heavy atom. The van der Waals surface area contributed by atoms with Gasteiger partial charge in [0.1, 0.15) is 5.75 Å². The fourth-order valence-corrected chi connectivity index (χ4v) is 2.68. The van der Waals surface area contributed by atoms with Crippen molar-refractivity contribution in [3.63, 3.8) is 0 Å². The minimum absolute atomic E-state index is 0.103. The minimum Gasteiger partial charge on any atom is -0.496 e. The van der Waals surface area contributed by atoms with Crippen LogP contribution in [0.3, 0.4) is 0 Å². The van der Waals surface area contributed by atoms with E-state index in [4.69, 9.17) is 4.74 Å². The molecular weight excluding hydrogens is 338 g/mol. The molecule has 0 unspecified atom stereocenters. The number of benzene rings is 2. The van der Waals surface area contributed by atoms with Gasteiger partial charge >= 0.3 is 0 Å². The van der Waals surface area contributed by atoms with Crippen LogP contribution in [0.5, 0.6) is 5.75 Å². The first-order valence-corrected chi connectivity index (χ1v) is 7.72. The van der Waals surface area contributed by atoms with Crippen LogP contribution in [0.1, 0.15) is 22.8 Å². The molecule has 3 rings (SSSR count). The summed E-state index contributed by atoms with van der Waals surface area (Å²) in [5.41, 5.74) is 0.924. The van der Waals surface area contributed by atoms with E-state index < -0.39 is 10.5 Å². The number of nitro benzene ring substituents is 1. The van der Waals surface area contributed by atoms with E-state index in [1.54, 1.807) is 18.2 Å². The van der Waals surface area contributed by atoms with Gasteiger partial charge in [0.2, 0.25) is 0 Å². The van der Waals surface area contributed by atoms with Gasteiger partial charge in [-0.1, -0.05) is 0 Å². The van der Waals surface area contributed by atoms with Crippen molar-refractivity contribution in [1.82, 2.24) is 9.55 Å². The zero-order valence-electron chi connectivity index (χ0n) is 14.1. The van der Waals surface area contributed by atoms with Crippen molar-refractivity contribution < 1.29 is 14.5 Å². The van der Waals surface area contributed by atoms with Crippen molar-refractivity contribution in [2.45, 2.75) is 13.5 Å². The highest BCUT2D eigenvalue weighted by atomic mass is 16.6. The lowest BCUT2D eigenvalue weighted by molar-refractivity contribution is -0.384. The summed E-state index contributed by atoms with van der Waals surface area (Å²) in [7, 11) is 1.50. The average molecular weight is 353 g/mol. The van der Waals surface area contributed by atoms with Gasteiger partial charge in [-0.15, -0.1) is 0 Å². The molecule has 0 bridgehead atoms. The molecule has 3 aromatic rings. The van der Waals surface area contributed by atoms with E-state index in [0.29, 0.717) is 22.4 Å². The highest BCUT2D eigenvalue weighted by Gasteiger charge is 2.13. The number of hydrogen-bond donors (Lipinski definition) is 0. The monoisotopic (exact) mass is 353 g/mol. The van der Waals surface area contributed by atoms with E-state index in [1.165, 1.54) is 43.1 Å². The molecule has 0 aliphatic heterocycles. The normalized spacial score (nSPS) is 10.7. The topological polar surface area (TPSA) is 104 Å². The Labute approximate surface area is 147 Å². The van der Waals surface area contributed by atoms with Crippen molar-refractivity contribution in [1.29, 1.82) is 0 Å². The third kappa shape index (κ3) is 3.16. The van der Waals surface area contributed by atoms with E-state index in [0.717, 1.165) is 0 Å². The fourth-order valence-electron chi connectivity index (χ4n) is 2.68. The zero-order valence-corrected chi connectivity index (χ0v) is 14.1. The van der Waals surface area contributed by atoms with Gasteiger partial charge in [0.25, 0.3) is 11.2 Å². The summed E-state index contributed by atoms with van der Waals surface area (Å²) in [6.07, 6.45) is 1.37. The average Bonchev–Trinajstić information content (AvgIpc) is 2.63. The van der Waals surface area contributed by atoms with Crippen LogP contribution in [0.25, 0.3) is 10.9 Å². The number of rotatable bonds is 5. The maximum absolute atomic E-state index is 12.7. The third-order valence-corrected chi connectivity index (χ3v) is 4.05. The summed E-state index contributed by atoms with van der Waals surface area (Å²) in [5.74, 6) is 0.426. The maximum atomic E-state index is 12.7. The molecule has 0 aliphatic rings. The van der Waals surface area contributed by atoms with Crippen molar-refractivity contribution in [2.75, 3.05) is 7.11 Å². The first-order valence-electron chi connectivity index (χ1n) is 7.72. The van der Waals surface area contributed by atoms with Gasteiger partial charge in [-0.25, -0.2) is 4.98 Å². The number of ketones is 1. The number of fused-ring (bicyclic) bond motifs is 1. The standard InChI is InChI=1S/C18H15N3O5/c1-11(22)12-3-6-17(26-2)13(7-12)9-20-10-19-16-5-4-14(21(24)25)8-15(16)18(20)23/h3-8,10H,9H2,1-2H3. The molecule has 0 spiro atoms. The number of ether oxygens (including phenoxy) is 1. The molecule has 0 radical (unpaired) electrons. The molecule has 0 saturated carbocycles. The summed E-state index contributed by atoms with van der Waals surface area (Å²) in [6.45, 7) is 1.57. The maximum Gasteiger partial charge on any atom is 0.270 e. The first kappa shape index (κ1) is 17.3. The molecule has 0 saturated heterocycles. The van der Waals surface area contributed by atoms with Crippen molar-refractivity contribution >= 4 is 22.4 Å². The molecule has 8 heteroatoms. The Kier molecular flexibility index (Phi) is 4.49. The molecule has 0 amide bonds. The van der Waals surface area contributed by atoms with Gasteiger partial charge in [-0.05, 0) is 31.2 Å². The first-order chi connectivity index (χ1) is 12.4. The highest BCUT2D eigenvalue weighted by Crippen LogP contribution is 2.22. The lowest BCUT2D eigenvalue weighted by Crippen LogP contribution is -2.21. The van der Waals surface area contributed by atoms with Crippen LogP contribution >= 0.6 is 0 Å². The molecule has 1 aromatic heterocycles. The number of aromatic nitrogens is 2. The molecular formula is C18H15N3O5. The predicted molar refractivity (Wildman–Crippen MR) is 94.8 cm³/mol. The van der Waals surface area contributed by atoms with Crippen LogP contribution in [-0.2, 0) is 6.54 Å². The van der Waals surface area contributed by atoms with Crippen LogP contribution in [0.4, 0.5) is 5.69 Å². The number of nitrogens with zero attached hydrogens (tertiary/aromatic N) is 3.